The molecule has 1 saturated heterocycles. The lowest BCUT2D eigenvalue weighted by Gasteiger charge is -2.42. The van der Waals surface area contributed by atoms with Crippen molar-refractivity contribution in [1.82, 2.24) is 0 Å². The van der Waals surface area contributed by atoms with Crippen molar-refractivity contribution in [2.24, 2.45) is 0 Å². The van der Waals surface area contributed by atoms with Gasteiger partial charge in [-0.2, -0.15) is 0 Å². The van der Waals surface area contributed by atoms with Crippen molar-refractivity contribution in [3.63, 3.8) is 0 Å². The summed E-state index contributed by atoms with van der Waals surface area (Å²) in [6, 6.07) is 0. The molecule has 298 valence electrons. The maximum absolute atomic E-state index is 15.5. The molecular weight excluding hydrogens is 816 g/mol. The van der Waals surface area contributed by atoms with Crippen LogP contribution in [0.2, 0.25) is 0 Å². The van der Waals surface area contributed by atoms with Gasteiger partial charge < -0.3 is 19.7 Å². The van der Waals surface area contributed by atoms with Crippen LogP contribution < -0.4 is 0 Å². The van der Waals surface area contributed by atoms with Gasteiger partial charge in [-0.15, -0.1) is 0 Å². The molecule has 1 aliphatic heterocycles. The summed E-state index contributed by atoms with van der Waals surface area (Å²) in [5.74, 6) is -70.1. The summed E-state index contributed by atoms with van der Waals surface area (Å²) in [4.78, 5) is 0. The van der Waals surface area contributed by atoms with Gasteiger partial charge in [0, 0.05) is 0 Å². The highest BCUT2D eigenvalue weighted by Crippen LogP contribution is 2.55. The summed E-state index contributed by atoms with van der Waals surface area (Å²) in [6.45, 7) is 0.685. The Kier molecular flexibility index (Phi) is 9.97. The van der Waals surface area contributed by atoms with E-state index in [1.165, 1.54) is 0 Å². The zero-order valence-corrected chi connectivity index (χ0v) is 25.9. The second kappa shape index (κ2) is 13.2. The Labute approximate surface area is 289 Å². The Hall–Kier alpha value is -4.68. The molecule has 2 N–H and O–H groups in total. The molecule has 0 aliphatic carbocycles. The van der Waals surface area contributed by atoms with Crippen LogP contribution in [-0.4, -0.2) is 28.2 Å². The topological polar surface area (TPSA) is 58.9 Å². The molecule has 0 radical (unpaired) electrons. The number of rotatable bonds is 6. The second-order valence-electron chi connectivity index (χ2n) is 11.8. The van der Waals surface area contributed by atoms with Crippen LogP contribution in [0.1, 0.15) is 36.1 Å². The van der Waals surface area contributed by atoms with Gasteiger partial charge >= 0.3 is 0 Å². The van der Waals surface area contributed by atoms with Crippen LogP contribution in [0.15, 0.2) is 0 Å². The van der Waals surface area contributed by atoms with Gasteiger partial charge in [-0.1, -0.05) is 0 Å². The van der Waals surface area contributed by atoms with E-state index in [4.69, 9.17) is 9.47 Å². The fourth-order valence-corrected chi connectivity index (χ4v) is 5.95. The van der Waals surface area contributed by atoms with Crippen LogP contribution >= 0.6 is 0 Å². The van der Waals surface area contributed by atoms with Gasteiger partial charge in [0.2, 0.25) is 23.3 Å². The Balaban J connectivity index is 2.12. The minimum atomic E-state index is -5.55. The van der Waals surface area contributed by atoms with Crippen LogP contribution in [0, 0.1) is 116 Å². The van der Waals surface area contributed by atoms with Gasteiger partial charge in [-0.25, -0.2) is 87.8 Å². The molecule has 1 heterocycles. The Morgan fingerprint density at radius 3 is 0.582 bits per heavy atom. The molecule has 2 atom stereocenters. The van der Waals surface area contributed by atoms with Crippen molar-refractivity contribution in [3.05, 3.63) is 139 Å². The first-order chi connectivity index (χ1) is 25.1. The maximum atomic E-state index is 15.5. The van der Waals surface area contributed by atoms with E-state index in [1.807, 2.05) is 0 Å². The average molecular weight is 826 g/mol. The molecular formula is C31H10F20O4. The summed E-state index contributed by atoms with van der Waals surface area (Å²) in [5.41, 5.74) is -24.0. The smallest absolute Gasteiger partial charge is 0.200 e. The lowest BCUT2D eigenvalue weighted by atomic mass is 9.70. The molecule has 4 nitrogen and oxygen atoms in total. The summed E-state index contributed by atoms with van der Waals surface area (Å²) in [6.07, 6.45) is -8.50. The predicted octanol–water partition coefficient (Wildman–Crippen LogP) is 8.16. The van der Waals surface area contributed by atoms with Crippen LogP contribution in [0.3, 0.4) is 0 Å². The van der Waals surface area contributed by atoms with Gasteiger partial charge in [-0.05, 0) is 13.8 Å². The Morgan fingerprint density at radius 1 is 0.309 bits per heavy atom. The average Bonchev–Trinajstić information content (AvgIpc) is 3.47. The number of hydrogen-bond acceptors (Lipinski definition) is 4. The quantitative estimate of drug-likeness (QED) is 0.117. The van der Waals surface area contributed by atoms with E-state index in [2.05, 4.69) is 0 Å². The first kappa shape index (κ1) is 41.5. The van der Waals surface area contributed by atoms with E-state index in [0.29, 0.717) is 13.8 Å². The molecule has 0 aromatic heterocycles. The Bertz CT molecular complexity index is 1910. The highest BCUT2D eigenvalue weighted by atomic mass is 19.2. The third-order valence-corrected chi connectivity index (χ3v) is 8.28. The SMILES string of the molecule is CC1(C)O[C@@H](C(O)(c2c(F)c(F)c(F)c(F)c2F)c2c(F)c(F)c(F)c(F)c2F)[C@H](C(O)(c2c(F)c(F)c(F)c(F)c2F)c2c(F)c(F)c(F)c(F)c2F)O1. The molecule has 0 unspecified atom stereocenters. The van der Waals surface area contributed by atoms with E-state index >= 15 is 35.1 Å². The normalized spacial score (nSPS) is 17.5. The van der Waals surface area contributed by atoms with E-state index in [-0.39, 0.29) is 0 Å². The summed E-state index contributed by atoms with van der Waals surface area (Å²) in [7, 11) is 0. The first-order valence-corrected chi connectivity index (χ1v) is 14.0. The molecule has 1 aliphatic rings. The molecule has 0 amide bonds. The number of aliphatic hydroxyl groups is 2. The van der Waals surface area contributed by atoms with Gasteiger partial charge in [-0.3, -0.25) is 0 Å². The molecule has 1 fully saturated rings. The van der Waals surface area contributed by atoms with E-state index in [0.717, 1.165) is 0 Å². The van der Waals surface area contributed by atoms with E-state index < -0.39 is 168 Å². The molecule has 24 heteroatoms. The number of halogens is 20. The largest absolute Gasteiger partial charge is 0.377 e. The summed E-state index contributed by atoms with van der Waals surface area (Å²) < 4.78 is 308. The van der Waals surface area contributed by atoms with Crippen LogP contribution in [0.25, 0.3) is 0 Å². The van der Waals surface area contributed by atoms with Crippen LogP contribution in [0.4, 0.5) is 87.8 Å². The van der Waals surface area contributed by atoms with Gasteiger partial charge in [0.1, 0.15) is 12.2 Å². The van der Waals surface area contributed by atoms with E-state index in [1.54, 1.807) is 0 Å². The molecule has 5 rings (SSSR count). The fraction of sp³-hybridized carbons (Fsp3) is 0.226. The molecule has 0 bridgehead atoms. The number of hydrogen-bond donors (Lipinski definition) is 2. The molecule has 0 saturated carbocycles. The zero-order chi connectivity index (χ0) is 41.9. The molecule has 0 spiro atoms. The molecule has 55 heavy (non-hydrogen) atoms. The maximum Gasteiger partial charge on any atom is 0.200 e. The van der Waals surface area contributed by atoms with E-state index in [9.17, 15) is 62.9 Å². The van der Waals surface area contributed by atoms with Crippen molar-refractivity contribution < 1.29 is 107 Å². The Morgan fingerprint density at radius 2 is 0.436 bits per heavy atom. The van der Waals surface area contributed by atoms with Crippen molar-refractivity contribution >= 4 is 0 Å². The summed E-state index contributed by atoms with van der Waals surface area (Å²) in [5, 5.41) is 23.8. The van der Waals surface area contributed by atoms with Gasteiger partial charge in [0.25, 0.3) is 0 Å². The van der Waals surface area contributed by atoms with Crippen LogP contribution in [-0.2, 0) is 20.7 Å². The molecule has 4 aromatic carbocycles. The fourth-order valence-electron chi connectivity index (χ4n) is 5.95. The minimum absolute atomic E-state index is 0.342. The standard InChI is InChI=1S/C31H10F20O4/c1-29(2)54-27(30(52,3-7(32)15(40)23(48)16(41)8(3)33)4-9(34)17(42)24(49)18(43)10(4)35)28(55-29)31(53,5-11(36)19(44)25(50)20(45)12(5)37)6-13(38)21(46)26(51)22(47)14(6)39/h27-28,52-53H,1-2H3/t27-,28-/m1/s1. The second-order valence-corrected chi connectivity index (χ2v) is 11.8. The highest BCUT2D eigenvalue weighted by molar-refractivity contribution is 5.48. The van der Waals surface area contributed by atoms with Crippen LogP contribution in [0.5, 0.6) is 0 Å². The lowest BCUT2D eigenvalue weighted by Crippen LogP contribution is -2.57. The van der Waals surface area contributed by atoms with Crippen molar-refractivity contribution in [1.29, 1.82) is 0 Å². The van der Waals surface area contributed by atoms with Crippen molar-refractivity contribution in [2.45, 2.75) is 43.0 Å². The highest BCUT2D eigenvalue weighted by Gasteiger charge is 2.67. The minimum Gasteiger partial charge on any atom is -0.377 e. The van der Waals surface area contributed by atoms with Gasteiger partial charge in [0.15, 0.2) is 110 Å². The first-order valence-electron chi connectivity index (χ1n) is 14.0. The van der Waals surface area contributed by atoms with Gasteiger partial charge in [0.05, 0.1) is 22.3 Å². The number of ether oxygens (including phenoxy) is 2. The third kappa shape index (κ3) is 5.53. The number of benzene rings is 4. The predicted molar refractivity (Wildman–Crippen MR) is 135 cm³/mol. The lowest BCUT2D eigenvalue weighted by molar-refractivity contribution is -0.174. The monoisotopic (exact) mass is 826 g/mol. The zero-order valence-electron chi connectivity index (χ0n) is 25.9. The van der Waals surface area contributed by atoms with Crippen molar-refractivity contribution in [2.75, 3.05) is 0 Å². The third-order valence-electron chi connectivity index (χ3n) is 8.28. The molecule has 4 aromatic rings. The summed E-state index contributed by atoms with van der Waals surface area (Å²) >= 11 is 0. The van der Waals surface area contributed by atoms with Crippen molar-refractivity contribution in [3.8, 4) is 0 Å².